The van der Waals surface area contributed by atoms with E-state index >= 15 is 0 Å². The Bertz CT molecular complexity index is 905. The lowest BCUT2D eigenvalue weighted by Gasteiger charge is -2.07. The van der Waals surface area contributed by atoms with Crippen molar-refractivity contribution in [3.8, 4) is 11.5 Å². The average molecular weight is 356 g/mol. The minimum Gasteiger partial charge on any atom is -0.492 e. The zero-order valence-corrected chi connectivity index (χ0v) is 15.3. The molecular formula is C19H20N2O3S. The summed E-state index contributed by atoms with van der Waals surface area (Å²) in [5.74, 6) is 1.17. The van der Waals surface area contributed by atoms with Crippen LogP contribution in [0.1, 0.15) is 18.1 Å². The molecule has 0 aliphatic rings. The monoisotopic (exact) mass is 356 g/mol. The van der Waals surface area contributed by atoms with Crippen LogP contribution in [0.4, 0.5) is 5.13 Å². The smallest absolute Gasteiger partial charge is 0.264 e. The number of carbonyl (C=O) groups excluding carboxylic acids is 1. The number of fused-ring (bicyclic) bond motifs is 1. The maximum absolute atomic E-state index is 12.1. The van der Waals surface area contributed by atoms with Gasteiger partial charge in [0.15, 0.2) is 11.7 Å². The first-order valence-corrected chi connectivity index (χ1v) is 8.90. The van der Waals surface area contributed by atoms with E-state index in [-0.39, 0.29) is 12.5 Å². The van der Waals surface area contributed by atoms with E-state index in [9.17, 15) is 4.79 Å². The number of thiazole rings is 1. The van der Waals surface area contributed by atoms with Crippen LogP contribution in [-0.4, -0.2) is 24.1 Å². The predicted molar refractivity (Wildman–Crippen MR) is 101 cm³/mol. The summed E-state index contributed by atoms with van der Waals surface area (Å²) in [6.45, 7) is 6.49. The molecule has 0 saturated heterocycles. The van der Waals surface area contributed by atoms with Gasteiger partial charge in [0.1, 0.15) is 17.0 Å². The molecule has 0 atom stereocenters. The molecule has 1 N–H and O–H groups in total. The molecule has 0 saturated carbocycles. The van der Waals surface area contributed by atoms with Crippen molar-refractivity contribution in [2.75, 3.05) is 18.5 Å². The topological polar surface area (TPSA) is 60.5 Å². The first kappa shape index (κ1) is 17.2. The van der Waals surface area contributed by atoms with Gasteiger partial charge in [0.25, 0.3) is 5.91 Å². The molecule has 0 unspecified atom stereocenters. The molecule has 0 radical (unpaired) electrons. The third-order valence-electron chi connectivity index (χ3n) is 3.78. The predicted octanol–water partition coefficient (Wildman–Crippen LogP) is 4.33. The van der Waals surface area contributed by atoms with Gasteiger partial charge in [-0.05, 0) is 56.2 Å². The van der Waals surface area contributed by atoms with E-state index in [1.54, 1.807) is 0 Å². The lowest BCUT2D eigenvalue weighted by molar-refractivity contribution is -0.118. The number of hydrogen-bond donors (Lipinski definition) is 1. The molecule has 130 valence electrons. The second-order valence-corrected chi connectivity index (χ2v) is 6.67. The summed E-state index contributed by atoms with van der Waals surface area (Å²) in [6, 6.07) is 11.5. The van der Waals surface area contributed by atoms with Crippen LogP contribution in [0.15, 0.2) is 36.4 Å². The van der Waals surface area contributed by atoms with E-state index in [4.69, 9.17) is 9.47 Å². The van der Waals surface area contributed by atoms with Gasteiger partial charge in [-0.25, -0.2) is 4.98 Å². The van der Waals surface area contributed by atoms with Crippen molar-refractivity contribution in [2.24, 2.45) is 0 Å². The molecule has 0 aliphatic heterocycles. The number of nitrogens with one attached hydrogen (secondary N) is 1. The minimum absolute atomic E-state index is 0.0588. The average Bonchev–Trinajstić information content (AvgIpc) is 2.99. The van der Waals surface area contributed by atoms with Crippen molar-refractivity contribution in [3.05, 3.63) is 47.5 Å². The highest BCUT2D eigenvalue weighted by atomic mass is 32.1. The summed E-state index contributed by atoms with van der Waals surface area (Å²) < 4.78 is 12.1. The van der Waals surface area contributed by atoms with Crippen molar-refractivity contribution in [1.82, 2.24) is 4.98 Å². The second kappa shape index (κ2) is 7.53. The fraction of sp³-hybridized carbons (Fsp3) is 0.263. The number of hydrogen-bond acceptors (Lipinski definition) is 5. The van der Waals surface area contributed by atoms with Crippen LogP contribution < -0.4 is 14.8 Å². The maximum atomic E-state index is 12.1. The summed E-state index contributed by atoms with van der Waals surface area (Å²) >= 11 is 1.41. The zero-order valence-electron chi connectivity index (χ0n) is 14.5. The van der Waals surface area contributed by atoms with Crippen LogP contribution in [0.5, 0.6) is 11.5 Å². The summed E-state index contributed by atoms with van der Waals surface area (Å²) in [5.41, 5.74) is 3.09. The summed E-state index contributed by atoms with van der Waals surface area (Å²) in [5, 5.41) is 3.32. The van der Waals surface area contributed by atoms with Crippen LogP contribution in [0.25, 0.3) is 10.2 Å². The van der Waals surface area contributed by atoms with Crippen molar-refractivity contribution in [3.63, 3.8) is 0 Å². The number of aryl methyl sites for hydroxylation is 2. The Balaban J connectivity index is 1.65. The molecule has 1 amide bonds. The fourth-order valence-corrected chi connectivity index (χ4v) is 3.26. The Labute approximate surface area is 150 Å². The summed E-state index contributed by atoms with van der Waals surface area (Å²) in [7, 11) is 0. The molecule has 1 aromatic heterocycles. The van der Waals surface area contributed by atoms with Crippen LogP contribution >= 0.6 is 11.3 Å². The molecule has 0 bridgehead atoms. The molecule has 0 fully saturated rings. The van der Waals surface area contributed by atoms with E-state index in [2.05, 4.69) is 10.3 Å². The van der Waals surface area contributed by atoms with E-state index in [1.165, 1.54) is 16.9 Å². The SMILES string of the molecule is CCOc1cccc2sc(NC(=O)COc3ccc(C)c(C)c3)nc12. The number of rotatable bonds is 6. The summed E-state index contributed by atoms with van der Waals surface area (Å²) in [6.07, 6.45) is 0. The summed E-state index contributed by atoms with van der Waals surface area (Å²) in [4.78, 5) is 16.6. The number of aromatic nitrogens is 1. The van der Waals surface area contributed by atoms with Gasteiger partial charge in [-0.3, -0.25) is 10.1 Å². The van der Waals surface area contributed by atoms with Gasteiger partial charge in [0.2, 0.25) is 0 Å². The number of ether oxygens (including phenoxy) is 2. The Morgan fingerprint density at radius 3 is 2.76 bits per heavy atom. The Kier molecular flexibility index (Phi) is 5.19. The highest BCUT2D eigenvalue weighted by molar-refractivity contribution is 7.22. The Hall–Kier alpha value is -2.60. The van der Waals surface area contributed by atoms with Gasteiger partial charge in [-0.2, -0.15) is 0 Å². The van der Waals surface area contributed by atoms with Crippen molar-refractivity contribution in [2.45, 2.75) is 20.8 Å². The first-order chi connectivity index (χ1) is 12.1. The normalized spacial score (nSPS) is 10.7. The number of anilines is 1. The van der Waals surface area contributed by atoms with E-state index in [1.807, 2.05) is 57.2 Å². The Morgan fingerprint density at radius 2 is 2.00 bits per heavy atom. The van der Waals surface area contributed by atoms with Gasteiger partial charge in [0.05, 0.1) is 11.3 Å². The standard InChI is InChI=1S/C19H20N2O3S/c1-4-23-15-6-5-7-16-18(15)21-19(25-16)20-17(22)11-24-14-9-8-12(2)13(3)10-14/h5-10H,4,11H2,1-3H3,(H,20,21,22). The van der Waals surface area contributed by atoms with Gasteiger partial charge in [-0.15, -0.1) is 0 Å². The Morgan fingerprint density at radius 1 is 1.16 bits per heavy atom. The largest absolute Gasteiger partial charge is 0.492 e. The van der Waals surface area contributed by atoms with E-state index < -0.39 is 0 Å². The van der Waals surface area contributed by atoms with Gasteiger partial charge in [0, 0.05) is 0 Å². The highest BCUT2D eigenvalue weighted by Crippen LogP contribution is 2.32. The fourth-order valence-electron chi connectivity index (χ4n) is 2.36. The molecule has 3 aromatic rings. The van der Waals surface area contributed by atoms with E-state index in [0.29, 0.717) is 17.5 Å². The third-order valence-corrected chi connectivity index (χ3v) is 4.71. The van der Waals surface area contributed by atoms with Crippen molar-refractivity contribution >= 4 is 32.6 Å². The molecule has 5 nitrogen and oxygen atoms in total. The zero-order chi connectivity index (χ0) is 17.8. The highest BCUT2D eigenvalue weighted by Gasteiger charge is 2.12. The number of benzene rings is 2. The first-order valence-electron chi connectivity index (χ1n) is 8.09. The van der Waals surface area contributed by atoms with E-state index in [0.717, 1.165) is 21.5 Å². The van der Waals surface area contributed by atoms with Gasteiger partial charge < -0.3 is 9.47 Å². The lowest BCUT2D eigenvalue weighted by atomic mass is 10.1. The van der Waals surface area contributed by atoms with Gasteiger partial charge >= 0.3 is 0 Å². The molecule has 0 aliphatic carbocycles. The number of nitrogens with zero attached hydrogens (tertiary/aromatic N) is 1. The third kappa shape index (κ3) is 4.09. The van der Waals surface area contributed by atoms with Crippen LogP contribution in [0.2, 0.25) is 0 Å². The molecule has 25 heavy (non-hydrogen) atoms. The lowest BCUT2D eigenvalue weighted by Crippen LogP contribution is -2.20. The molecule has 3 rings (SSSR count). The molecule has 1 heterocycles. The van der Waals surface area contributed by atoms with Gasteiger partial charge in [-0.1, -0.05) is 23.5 Å². The number of amides is 1. The maximum Gasteiger partial charge on any atom is 0.264 e. The molecular weight excluding hydrogens is 336 g/mol. The van der Waals surface area contributed by atoms with Crippen LogP contribution in [0, 0.1) is 13.8 Å². The minimum atomic E-state index is -0.241. The van der Waals surface area contributed by atoms with Crippen molar-refractivity contribution in [1.29, 1.82) is 0 Å². The van der Waals surface area contributed by atoms with Crippen molar-refractivity contribution < 1.29 is 14.3 Å². The molecule has 2 aromatic carbocycles. The number of para-hydroxylation sites is 1. The number of carbonyl (C=O) groups is 1. The second-order valence-electron chi connectivity index (χ2n) is 5.64. The van der Waals surface area contributed by atoms with Crippen LogP contribution in [0.3, 0.4) is 0 Å². The quantitative estimate of drug-likeness (QED) is 0.714. The molecule has 0 spiro atoms. The molecule has 6 heteroatoms. The van der Waals surface area contributed by atoms with Crippen LogP contribution in [-0.2, 0) is 4.79 Å².